The molecule has 0 amide bonds. The summed E-state index contributed by atoms with van der Waals surface area (Å²) >= 11 is 0. The van der Waals surface area contributed by atoms with Gasteiger partial charge in [0.15, 0.2) is 0 Å². The minimum absolute atomic E-state index is 0.310. The van der Waals surface area contributed by atoms with Crippen LogP contribution in [0.25, 0.3) is 22.2 Å². The monoisotopic (exact) mass is 371 g/mol. The van der Waals surface area contributed by atoms with Crippen molar-refractivity contribution < 1.29 is 9.53 Å². The van der Waals surface area contributed by atoms with Gasteiger partial charge in [0, 0.05) is 10.9 Å². The van der Waals surface area contributed by atoms with Gasteiger partial charge in [-0.3, -0.25) is 0 Å². The number of nitrogens with zero attached hydrogens (tertiary/aromatic N) is 1. The number of rotatable bonds is 2. The summed E-state index contributed by atoms with van der Waals surface area (Å²) in [5, 5.41) is 1.04. The average molecular weight is 371 g/mol. The van der Waals surface area contributed by atoms with Crippen molar-refractivity contribution in [2.24, 2.45) is 0 Å². The van der Waals surface area contributed by atoms with Gasteiger partial charge in [-0.05, 0) is 79.7 Å². The van der Waals surface area contributed by atoms with Crippen molar-refractivity contribution in [3.63, 3.8) is 0 Å². The first-order valence-corrected chi connectivity index (χ1v) is 10.4. The molecule has 0 bridgehead atoms. The number of carbonyl (C=O) groups is 1. The predicted molar refractivity (Wildman–Crippen MR) is 112 cm³/mol. The third-order valence-electron chi connectivity index (χ3n) is 6.37. The van der Waals surface area contributed by atoms with Gasteiger partial charge in [0.2, 0.25) is 0 Å². The number of carbonyl (C=O) groups excluding carboxylic acids is 1. The molecule has 0 spiro atoms. The van der Waals surface area contributed by atoms with Crippen LogP contribution in [0.4, 0.5) is 0 Å². The third-order valence-corrected chi connectivity index (χ3v) is 6.37. The van der Waals surface area contributed by atoms with Crippen LogP contribution in [0.5, 0.6) is 0 Å². The van der Waals surface area contributed by atoms with E-state index in [0.29, 0.717) is 5.56 Å². The van der Waals surface area contributed by atoms with Crippen LogP contribution in [0.2, 0.25) is 0 Å². The number of hydrogen-bond donors (Lipinski definition) is 0. The summed E-state index contributed by atoms with van der Waals surface area (Å²) in [6, 6.07) is 12.8. The van der Waals surface area contributed by atoms with Crippen LogP contribution in [0, 0.1) is 0 Å². The summed E-state index contributed by atoms with van der Waals surface area (Å²) in [6.45, 7) is 0. The number of aryl methyl sites for hydroxylation is 3. The zero-order valence-electron chi connectivity index (χ0n) is 16.4. The molecule has 3 nitrogen and oxygen atoms in total. The number of ether oxygens (including phenoxy) is 1. The highest BCUT2D eigenvalue weighted by Crippen LogP contribution is 2.36. The van der Waals surface area contributed by atoms with Crippen molar-refractivity contribution in [2.75, 3.05) is 7.11 Å². The molecular weight excluding hydrogens is 346 g/mol. The second-order valence-corrected chi connectivity index (χ2v) is 8.01. The Morgan fingerprint density at radius 3 is 2.39 bits per heavy atom. The highest BCUT2D eigenvalue weighted by molar-refractivity contribution is 6.01. The number of benzene rings is 2. The van der Waals surface area contributed by atoms with Crippen molar-refractivity contribution in [2.45, 2.75) is 51.4 Å². The fourth-order valence-corrected chi connectivity index (χ4v) is 4.95. The maximum atomic E-state index is 12.6. The quantitative estimate of drug-likeness (QED) is 0.563. The van der Waals surface area contributed by atoms with E-state index in [2.05, 4.69) is 30.3 Å². The normalized spacial score (nSPS) is 15.8. The van der Waals surface area contributed by atoms with Crippen LogP contribution in [0.15, 0.2) is 36.4 Å². The van der Waals surface area contributed by atoms with Gasteiger partial charge in [0.25, 0.3) is 0 Å². The Morgan fingerprint density at radius 2 is 1.61 bits per heavy atom. The summed E-state index contributed by atoms with van der Waals surface area (Å²) in [6.07, 6.45) is 9.25. The van der Waals surface area contributed by atoms with Gasteiger partial charge in [0.05, 0.1) is 23.9 Å². The minimum Gasteiger partial charge on any atom is -0.465 e. The van der Waals surface area contributed by atoms with Gasteiger partial charge in [-0.15, -0.1) is 0 Å². The van der Waals surface area contributed by atoms with Crippen molar-refractivity contribution >= 4 is 16.9 Å². The van der Waals surface area contributed by atoms with Crippen molar-refractivity contribution in [3.8, 4) is 11.3 Å². The predicted octanol–water partition coefficient (Wildman–Crippen LogP) is 5.45. The molecule has 0 aliphatic heterocycles. The minimum atomic E-state index is -0.310. The molecule has 0 unspecified atom stereocenters. The van der Waals surface area contributed by atoms with Crippen LogP contribution in [0.3, 0.4) is 0 Å². The molecule has 0 saturated carbocycles. The van der Waals surface area contributed by atoms with Gasteiger partial charge in [-0.25, -0.2) is 9.78 Å². The van der Waals surface area contributed by atoms with E-state index in [1.165, 1.54) is 55.0 Å². The van der Waals surface area contributed by atoms with Crippen LogP contribution in [-0.4, -0.2) is 18.1 Å². The Morgan fingerprint density at radius 1 is 0.893 bits per heavy atom. The number of pyridine rings is 1. The highest BCUT2D eigenvalue weighted by atomic mass is 16.5. The molecule has 3 heteroatoms. The molecule has 1 heterocycles. The molecule has 0 fully saturated rings. The van der Waals surface area contributed by atoms with E-state index in [1.54, 1.807) is 0 Å². The molecule has 0 atom stereocenters. The molecule has 142 valence electrons. The number of aromatic nitrogens is 1. The topological polar surface area (TPSA) is 39.2 Å². The van der Waals surface area contributed by atoms with Gasteiger partial charge < -0.3 is 4.74 Å². The lowest BCUT2D eigenvalue weighted by atomic mass is 9.85. The van der Waals surface area contributed by atoms with Gasteiger partial charge in [-0.2, -0.15) is 0 Å². The molecule has 0 saturated heterocycles. The molecule has 0 radical (unpaired) electrons. The maximum absolute atomic E-state index is 12.6. The van der Waals surface area contributed by atoms with E-state index in [9.17, 15) is 4.79 Å². The molecule has 2 aliphatic rings. The molecule has 1 aromatic heterocycles. The SMILES string of the molecule is COC(=O)c1cc2ccc3c(c2nc1-c1cccc2c1CCCC2)CCCC3. The van der Waals surface area contributed by atoms with E-state index < -0.39 is 0 Å². The van der Waals surface area contributed by atoms with E-state index in [-0.39, 0.29) is 5.97 Å². The number of methoxy groups -OCH3 is 1. The summed E-state index contributed by atoms with van der Waals surface area (Å²) in [5.41, 5.74) is 9.07. The van der Waals surface area contributed by atoms with Crippen LogP contribution in [-0.2, 0) is 30.4 Å². The smallest absolute Gasteiger partial charge is 0.340 e. The van der Waals surface area contributed by atoms with Crippen molar-refractivity contribution in [3.05, 3.63) is 64.2 Å². The van der Waals surface area contributed by atoms with Gasteiger partial charge in [-0.1, -0.05) is 30.3 Å². The summed E-state index contributed by atoms with van der Waals surface area (Å²) in [5.74, 6) is -0.310. The fraction of sp³-hybridized carbons (Fsp3) is 0.360. The van der Waals surface area contributed by atoms with Crippen molar-refractivity contribution in [1.29, 1.82) is 0 Å². The molecule has 2 aromatic carbocycles. The lowest BCUT2D eigenvalue weighted by molar-refractivity contribution is 0.0601. The third kappa shape index (κ3) is 2.81. The first kappa shape index (κ1) is 17.4. The Labute approximate surface area is 165 Å². The van der Waals surface area contributed by atoms with E-state index in [4.69, 9.17) is 9.72 Å². The molecule has 5 rings (SSSR count). The Hall–Kier alpha value is -2.68. The first-order chi connectivity index (χ1) is 13.8. The Balaban J connectivity index is 1.80. The van der Waals surface area contributed by atoms with Crippen LogP contribution < -0.4 is 0 Å². The van der Waals surface area contributed by atoms with E-state index >= 15 is 0 Å². The van der Waals surface area contributed by atoms with Gasteiger partial charge >= 0.3 is 5.97 Å². The lowest BCUT2D eigenvalue weighted by Crippen LogP contribution is -2.11. The van der Waals surface area contributed by atoms with E-state index in [1.807, 2.05) is 6.07 Å². The van der Waals surface area contributed by atoms with Crippen LogP contribution >= 0.6 is 0 Å². The first-order valence-electron chi connectivity index (χ1n) is 10.4. The molecule has 0 N–H and O–H groups in total. The molecule has 3 aromatic rings. The number of hydrogen-bond acceptors (Lipinski definition) is 3. The molecular formula is C25H25NO2. The number of esters is 1. The van der Waals surface area contributed by atoms with Crippen LogP contribution in [0.1, 0.15) is 58.3 Å². The van der Waals surface area contributed by atoms with Gasteiger partial charge in [0.1, 0.15) is 0 Å². The standard InChI is InChI=1S/C25H25NO2/c1-28-25(27)22-15-18-14-13-17-8-3-5-11-20(17)23(18)26-24(22)21-12-6-9-16-7-2-4-10-19(16)21/h6,9,12-15H,2-5,7-8,10-11H2,1H3. The molecule has 28 heavy (non-hydrogen) atoms. The summed E-state index contributed by atoms with van der Waals surface area (Å²) in [4.78, 5) is 17.8. The largest absolute Gasteiger partial charge is 0.465 e. The highest BCUT2D eigenvalue weighted by Gasteiger charge is 2.23. The van der Waals surface area contributed by atoms with E-state index in [0.717, 1.165) is 47.8 Å². The molecule has 2 aliphatic carbocycles. The Kier molecular flexibility index (Phi) is 4.38. The zero-order chi connectivity index (χ0) is 19.1. The summed E-state index contributed by atoms with van der Waals surface area (Å²) in [7, 11) is 1.45. The average Bonchev–Trinajstić information content (AvgIpc) is 2.77. The summed E-state index contributed by atoms with van der Waals surface area (Å²) < 4.78 is 5.13. The fourth-order valence-electron chi connectivity index (χ4n) is 4.95. The Bertz CT molecular complexity index is 1080. The zero-order valence-corrected chi connectivity index (χ0v) is 16.4. The van der Waals surface area contributed by atoms with Crippen molar-refractivity contribution in [1.82, 2.24) is 4.98 Å². The second-order valence-electron chi connectivity index (χ2n) is 8.01. The maximum Gasteiger partial charge on any atom is 0.340 e. The lowest BCUT2D eigenvalue weighted by Gasteiger charge is -2.22. The number of fused-ring (bicyclic) bond motifs is 4. The second kappa shape index (κ2) is 7.05.